The molecule has 6 heteroatoms. The SMILES string of the molecule is CCNCCCCS(=O)(=O)NCC(C)(C)SC. The Morgan fingerprint density at radius 2 is 1.88 bits per heavy atom. The highest BCUT2D eigenvalue weighted by Gasteiger charge is 2.19. The van der Waals surface area contributed by atoms with E-state index in [9.17, 15) is 8.42 Å². The molecule has 0 fully saturated rings. The first-order valence-electron chi connectivity index (χ1n) is 6.06. The molecule has 0 unspecified atom stereocenters. The van der Waals surface area contributed by atoms with E-state index in [1.54, 1.807) is 11.8 Å². The largest absolute Gasteiger partial charge is 0.317 e. The van der Waals surface area contributed by atoms with Gasteiger partial charge in [-0.05, 0) is 46.0 Å². The van der Waals surface area contributed by atoms with E-state index < -0.39 is 10.0 Å². The van der Waals surface area contributed by atoms with Gasteiger partial charge in [-0.25, -0.2) is 13.1 Å². The van der Waals surface area contributed by atoms with Gasteiger partial charge >= 0.3 is 0 Å². The summed E-state index contributed by atoms with van der Waals surface area (Å²) in [5.41, 5.74) is 0. The lowest BCUT2D eigenvalue weighted by atomic mass is 10.2. The second-order valence-corrected chi connectivity index (χ2v) is 8.10. The van der Waals surface area contributed by atoms with Crippen molar-refractivity contribution in [2.45, 2.75) is 38.4 Å². The number of nitrogens with one attached hydrogen (secondary N) is 2. The summed E-state index contributed by atoms with van der Waals surface area (Å²) in [5.74, 6) is 0.225. The average molecular weight is 282 g/mol. The Bertz CT molecular complexity index is 290. The molecule has 0 saturated heterocycles. The van der Waals surface area contributed by atoms with E-state index in [-0.39, 0.29) is 10.5 Å². The topological polar surface area (TPSA) is 58.2 Å². The maximum Gasteiger partial charge on any atom is 0.211 e. The highest BCUT2D eigenvalue weighted by atomic mass is 32.2. The van der Waals surface area contributed by atoms with E-state index in [0.717, 1.165) is 19.5 Å². The molecule has 0 aliphatic heterocycles. The van der Waals surface area contributed by atoms with E-state index >= 15 is 0 Å². The molecule has 0 radical (unpaired) electrons. The number of hydrogen-bond acceptors (Lipinski definition) is 4. The van der Waals surface area contributed by atoms with Crippen LogP contribution in [-0.4, -0.2) is 44.8 Å². The third-order valence-corrected chi connectivity index (χ3v) is 5.20. The Labute approximate surface area is 110 Å². The summed E-state index contributed by atoms with van der Waals surface area (Å²) < 4.78 is 26.0. The smallest absolute Gasteiger partial charge is 0.211 e. The van der Waals surface area contributed by atoms with Crippen molar-refractivity contribution in [3.63, 3.8) is 0 Å². The lowest BCUT2D eigenvalue weighted by Crippen LogP contribution is -2.37. The molecule has 0 atom stereocenters. The summed E-state index contributed by atoms with van der Waals surface area (Å²) in [6, 6.07) is 0. The molecule has 0 aliphatic carbocycles. The summed E-state index contributed by atoms with van der Waals surface area (Å²) in [7, 11) is -3.10. The van der Waals surface area contributed by atoms with E-state index in [1.165, 1.54) is 0 Å². The van der Waals surface area contributed by atoms with Crippen LogP contribution < -0.4 is 10.0 Å². The molecule has 104 valence electrons. The zero-order valence-electron chi connectivity index (χ0n) is 11.4. The Kier molecular flexibility index (Phi) is 8.45. The van der Waals surface area contributed by atoms with Gasteiger partial charge in [0.1, 0.15) is 0 Å². The predicted molar refractivity (Wildman–Crippen MR) is 77.2 cm³/mol. The van der Waals surface area contributed by atoms with E-state index in [0.29, 0.717) is 13.0 Å². The normalized spacial score (nSPS) is 12.9. The Morgan fingerprint density at radius 1 is 1.24 bits per heavy atom. The molecule has 0 saturated carbocycles. The second-order valence-electron chi connectivity index (χ2n) is 4.66. The second kappa shape index (κ2) is 8.34. The Hall–Kier alpha value is 0.220. The standard InChI is InChI=1S/C11H26N2O2S2/c1-5-12-8-6-7-9-17(14,15)13-10-11(2,3)16-4/h12-13H,5-10H2,1-4H3. The molecule has 0 spiro atoms. The first-order valence-corrected chi connectivity index (χ1v) is 8.94. The molecule has 0 heterocycles. The van der Waals surface area contributed by atoms with Crippen LogP contribution in [0.3, 0.4) is 0 Å². The van der Waals surface area contributed by atoms with Crippen LogP contribution in [0, 0.1) is 0 Å². The van der Waals surface area contributed by atoms with Gasteiger partial charge in [0.15, 0.2) is 0 Å². The summed E-state index contributed by atoms with van der Waals surface area (Å²) >= 11 is 1.67. The summed E-state index contributed by atoms with van der Waals surface area (Å²) in [6.07, 6.45) is 3.60. The zero-order valence-corrected chi connectivity index (χ0v) is 13.0. The van der Waals surface area contributed by atoms with E-state index in [1.807, 2.05) is 27.0 Å². The quantitative estimate of drug-likeness (QED) is 0.595. The van der Waals surface area contributed by atoms with Crippen LogP contribution in [-0.2, 0) is 10.0 Å². The molecule has 4 nitrogen and oxygen atoms in total. The lowest BCUT2D eigenvalue weighted by Gasteiger charge is -2.22. The third kappa shape index (κ3) is 9.88. The van der Waals surface area contributed by atoms with E-state index in [4.69, 9.17) is 0 Å². The van der Waals surface area contributed by atoms with Gasteiger partial charge in [0, 0.05) is 11.3 Å². The van der Waals surface area contributed by atoms with Crippen LogP contribution in [0.4, 0.5) is 0 Å². The van der Waals surface area contributed by atoms with Crippen LogP contribution in [0.2, 0.25) is 0 Å². The van der Waals surface area contributed by atoms with Gasteiger partial charge in [-0.3, -0.25) is 0 Å². The fraction of sp³-hybridized carbons (Fsp3) is 1.00. The summed E-state index contributed by atoms with van der Waals surface area (Å²) in [4.78, 5) is 0. The van der Waals surface area contributed by atoms with Gasteiger partial charge < -0.3 is 5.32 Å². The summed E-state index contributed by atoms with van der Waals surface area (Å²) in [5, 5.41) is 3.18. The van der Waals surface area contributed by atoms with Crippen molar-refractivity contribution in [3.8, 4) is 0 Å². The van der Waals surface area contributed by atoms with Crippen LogP contribution in [0.15, 0.2) is 0 Å². The van der Waals surface area contributed by atoms with Gasteiger partial charge in [-0.15, -0.1) is 0 Å². The minimum absolute atomic E-state index is 0.0448. The van der Waals surface area contributed by atoms with Gasteiger partial charge in [-0.1, -0.05) is 6.92 Å². The van der Waals surface area contributed by atoms with Crippen molar-refractivity contribution < 1.29 is 8.42 Å². The fourth-order valence-corrected chi connectivity index (χ4v) is 2.76. The fourth-order valence-electron chi connectivity index (χ4n) is 1.15. The van der Waals surface area contributed by atoms with Crippen molar-refractivity contribution >= 4 is 21.8 Å². The van der Waals surface area contributed by atoms with Gasteiger partial charge in [-0.2, -0.15) is 11.8 Å². The molecule has 0 amide bonds. The van der Waals surface area contributed by atoms with Crippen molar-refractivity contribution in [2.75, 3.05) is 31.6 Å². The van der Waals surface area contributed by atoms with Crippen molar-refractivity contribution in [2.24, 2.45) is 0 Å². The molecule has 0 rings (SSSR count). The molecule has 0 aromatic rings. The van der Waals surface area contributed by atoms with Gasteiger partial charge in [0.25, 0.3) is 0 Å². The minimum Gasteiger partial charge on any atom is -0.317 e. The Morgan fingerprint density at radius 3 is 2.41 bits per heavy atom. The van der Waals surface area contributed by atoms with Gasteiger partial charge in [0.05, 0.1) is 5.75 Å². The average Bonchev–Trinajstić information content (AvgIpc) is 2.27. The first kappa shape index (κ1) is 17.2. The van der Waals surface area contributed by atoms with Crippen LogP contribution in [0.1, 0.15) is 33.6 Å². The predicted octanol–water partition coefficient (Wildman–Crippen LogP) is 1.44. The number of hydrogen-bond donors (Lipinski definition) is 2. The van der Waals surface area contributed by atoms with Gasteiger partial charge in [0.2, 0.25) is 10.0 Å². The number of unbranched alkanes of at least 4 members (excludes halogenated alkanes) is 1. The number of sulfonamides is 1. The van der Waals surface area contributed by atoms with Crippen LogP contribution in [0.5, 0.6) is 0 Å². The van der Waals surface area contributed by atoms with Crippen LogP contribution in [0.25, 0.3) is 0 Å². The monoisotopic (exact) mass is 282 g/mol. The molecule has 0 aromatic heterocycles. The highest BCUT2D eigenvalue weighted by molar-refractivity contribution is 8.00. The maximum atomic E-state index is 11.7. The van der Waals surface area contributed by atoms with E-state index in [2.05, 4.69) is 10.0 Å². The zero-order chi connectivity index (χ0) is 13.4. The highest BCUT2D eigenvalue weighted by Crippen LogP contribution is 2.19. The maximum absolute atomic E-state index is 11.7. The molecular formula is C11H26N2O2S2. The number of thioether (sulfide) groups is 1. The van der Waals surface area contributed by atoms with Crippen molar-refractivity contribution in [1.82, 2.24) is 10.0 Å². The van der Waals surface area contributed by atoms with Crippen molar-refractivity contribution in [1.29, 1.82) is 0 Å². The van der Waals surface area contributed by atoms with Crippen molar-refractivity contribution in [3.05, 3.63) is 0 Å². The molecule has 0 aliphatic rings. The first-order chi connectivity index (χ1) is 7.83. The minimum atomic E-state index is -3.10. The summed E-state index contributed by atoms with van der Waals surface area (Å²) in [6.45, 7) is 8.43. The third-order valence-electron chi connectivity index (χ3n) is 2.54. The molecular weight excluding hydrogens is 256 g/mol. The molecule has 17 heavy (non-hydrogen) atoms. The molecule has 0 aromatic carbocycles. The Balaban J connectivity index is 3.81. The lowest BCUT2D eigenvalue weighted by molar-refractivity contribution is 0.564. The molecule has 0 bridgehead atoms. The number of rotatable bonds is 10. The molecule has 2 N–H and O–H groups in total. The van der Waals surface area contributed by atoms with Crippen LogP contribution >= 0.6 is 11.8 Å².